The molecule has 20 heavy (non-hydrogen) atoms. The Hall–Kier alpha value is -1.69. The van der Waals surface area contributed by atoms with Crippen molar-refractivity contribution >= 4 is 5.91 Å². The van der Waals surface area contributed by atoms with Crippen LogP contribution in [0.25, 0.3) is 0 Å². The zero-order valence-corrected chi connectivity index (χ0v) is 11.5. The standard InChI is InChI=1S/C14H19N3O3/c1-2-20-11-8-10(14(11)6-3-7-14)15-13(19)9-4-5-12(18)17-16-9/h4-5,10-11H,2-3,6-8H2,1H3,(H,15,19)(H,17,18)/t10-,11+/m1/s1. The molecule has 0 unspecified atom stereocenters. The van der Waals surface area contributed by atoms with E-state index < -0.39 is 0 Å². The van der Waals surface area contributed by atoms with Gasteiger partial charge in [-0.25, -0.2) is 5.10 Å². The summed E-state index contributed by atoms with van der Waals surface area (Å²) < 4.78 is 5.75. The fourth-order valence-electron chi connectivity index (χ4n) is 3.34. The maximum Gasteiger partial charge on any atom is 0.271 e. The molecule has 6 nitrogen and oxygen atoms in total. The molecule has 2 saturated carbocycles. The van der Waals surface area contributed by atoms with Crippen molar-refractivity contribution in [2.24, 2.45) is 5.41 Å². The van der Waals surface area contributed by atoms with Gasteiger partial charge in [0.05, 0.1) is 6.10 Å². The van der Waals surface area contributed by atoms with Crippen LogP contribution in [0.1, 0.15) is 43.1 Å². The SMILES string of the molecule is CCO[C@H]1C[C@@H](NC(=O)c2ccc(=O)[nH]n2)C12CCC2. The van der Waals surface area contributed by atoms with Crippen molar-refractivity contribution in [2.45, 2.75) is 44.8 Å². The number of hydrogen-bond donors (Lipinski definition) is 2. The number of hydrogen-bond acceptors (Lipinski definition) is 4. The van der Waals surface area contributed by atoms with E-state index in [1.165, 1.54) is 18.6 Å². The van der Waals surface area contributed by atoms with Gasteiger partial charge in [0, 0.05) is 24.1 Å². The predicted molar refractivity (Wildman–Crippen MR) is 72.4 cm³/mol. The number of amides is 1. The largest absolute Gasteiger partial charge is 0.378 e. The highest BCUT2D eigenvalue weighted by molar-refractivity contribution is 5.92. The van der Waals surface area contributed by atoms with Crippen molar-refractivity contribution in [2.75, 3.05) is 6.61 Å². The lowest BCUT2D eigenvalue weighted by Crippen LogP contribution is -2.67. The van der Waals surface area contributed by atoms with Gasteiger partial charge in [0.25, 0.3) is 11.5 Å². The third-order valence-electron chi connectivity index (χ3n) is 4.65. The van der Waals surface area contributed by atoms with Crippen LogP contribution in [0.2, 0.25) is 0 Å². The number of ether oxygens (including phenoxy) is 1. The molecule has 0 radical (unpaired) electrons. The molecule has 1 spiro atoms. The van der Waals surface area contributed by atoms with Gasteiger partial charge < -0.3 is 10.1 Å². The molecule has 6 heteroatoms. The Kier molecular flexibility index (Phi) is 3.33. The van der Waals surface area contributed by atoms with Gasteiger partial charge in [-0.1, -0.05) is 6.42 Å². The van der Waals surface area contributed by atoms with E-state index in [1.54, 1.807) is 0 Å². The van der Waals surface area contributed by atoms with E-state index >= 15 is 0 Å². The minimum Gasteiger partial charge on any atom is -0.378 e. The highest BCUT2D eigenvalue weighted by Gasteiger charge is 2.59. The van der Waals surface area contributed by atoms with Crippen LogP contribution >= 0.6 is 0 Å². The quantitative estimate of drug-likeness (QED) is 0.854. The maximum atomic E-state index is 12.1. The molecule has 2 atom stereocenters. The summed E-state index contributed by atoms with van der Waals surface area (Å²) >= 11 is 0. The summed E-state index contributed by atoms with van der Waals surface area (Å²) in [5.41, 5.74) is 0.0735. The fraction of sp³-hybridized carbons (Fsp3) is 0.643. The highest BCUT2D eigenvalue weighted by atomic mass is 16.5. The average molecular weight is 277 g/mol. The molecule has 2 aliphatic rings. The van der Waals surface area contributed by atoms with Crippen molar-refractivity contribution in [3.05, 3.63) is 28.2 Å². The van der Waals surface area contributed by atoms with Crippen molar-refractivity contribution in [3.8, 4) is 0 Å². The molecule has 0 bridgehead atoms. The molecular formula is C14H19N3O3. The first-order valence-electron chi connectivity index (χ1n) is 7.14. The molecule has 3 rings (SSSR count). The number of aromatic nitrogens is 2. The van der Waals surface area contributed by atoms with Crippen molar-refractivity contribution in [1.29, 1.82) is 0 Å². The van der Waals surface area contributed by atoms with Gasteiger partial charge in [0.15, 0.2) is 0 Å². The Bertz CT molecular complexity index is 545. The lowest BCUT2D eigenvalue weighted by Gasteiger charge is -2.60. The summed E-state index contributed by atoms with van der Waals surface area (Å²) in [4.78, 5) is 23.1. The molecule has 0 aromatic carbocycles. The number of rotatable bonds is 4. The second-order valence-corrected chi connectivity index (χ2v) is 5.60. The summed E-state index contributed by atoms with van der Waals surface area (Å²) in [6.45, 7) is 2.72. The monoisotopic (exact) mass is 277 g/mol. The number of carbonyl (C=O) groups is 1. The molecule has 1 amide bonds. The normalized spacial score (nSPS) is 26.6. The van der Waals surface area contributed by atoms with Crippen LogP contribution in [0.5, 0.6) is 0 Å². The maximum absolute atomic E-state index is 12.1. The van der Waals surface area contributed by atoms with Gasteiger partial charge in [-0.05, 0) is 32.3 Å². The molecule has 0 aliphatic heterocycles. The predicted octanol–water partition coefficient (Wildman–Crippen LogP) is 0.847. The first-order valence-corrected chi connectivity index (χ1v) is 7.14. The average Bonchev–Trinajstić information content (AvgIpc) is 2.36. The molecule has 108 valence electrons. The summed E-state index contributed by atoms with van der Waals surface area (Å²) in [6, 6.07) is 2.92. The number of nitrogens with one attached hydrogen (secondary N) is 2. The molecule has 0 saturated heterocycles. The van der Waals surface area contributed by atoms with Crippen molar-refractivity contribution in [1.82, 2.24) is 15.5 Å². The second kappa shape index (κ2) is 5.01. The summed E-state index contributed by atoms with van der Waals surface area (Å²) in [6.07, 6.45) is 4.56. The number of H-pyrrole nitrogens is 1. The molecule has 2 N–H and O–H groups in total. The van der Waals surface area contributed by atoms with Crippen molar-refractivity contribution in [3.63, 3.8) is 0 Å². The van der Waals surface area contributed by atoms with E-state index in [1.807, 2.05) is 6.92 Å². The van der Waals surface area contributed by atoms with Crippen LogP contribution < -0.4 is 10.9 Å². The van der Waals surface area contributed by atoms with Gasteiger partial charge in [0.2, 0.25) is 0 Å². The molecule has 2 aliphatic carbocycles. The van der Waals surface area contributed by atoms with Gasteiger partial charge in [0.1, 0.15) is 5.69 Å². The van der Waals surface area contributed by atoms with E-state index in [9.17, 15) is 9.59 Å². The minimum absolute atomic E-state index is 0.133. The molecule has 1 heterocycles. The van der Waals surface area contributed by atoms with E-state index in [-0.39, 0.29) is 34.7 Å². The number of nitrogens with zero attached hydrogens (tertiary/aromatic N) is 1. The lowest BCUT2D eigenvalue weighted by molar-refractivity contribution is -0.169. The van der Waals surface area contributed by atoms with Crippen LogP contribution in [-0.2, 0) is 4.74 Å². The fourth-order valence-corrected chi connectivity index (χ4v) is 3.34. The summed E-state index contributed by atoms with van der Waals surface area (Å²) in [7, 11) is 0. The highest BCUT2D eigenvalue weighted by Crippen LogP contribution is 2.57. The second-order valence-electron chi connectivity index (χ2n) is 5.60. The number of carbonyl (C=O) groups excluding carboxylic acids is 1. The van der Waals surface area contributed by atoms with Gasteiger partial charge in [-0.15, -0.1) is 0 Å². The smallest absolute Gasteiger partial charge is 0.271 e. The first-order chi connectivity index (χ1) is 9.65. The van der Waals surface area contributed by atoms with Crippen LogP contribution in [0.4, 0.5) is 0 Å². The minimum atomic E-state index is -0.308. The van der Waals surface area contributed by atoms with E-state index in [0.717, 1.165) is 19.3 Å². The summed E-state index contributed by atoms with van der Waals surface area (Å²) in [5.74, 6) is -0.229. The topological polar surface area (TPSA) is 84.1 Å². The molecule has 2 fully saturated rings. The Morgan fingerprint density at radius 1 is 1.55 bits per heavy atom. The Labute approximate surface area is 116 Å². The van der Waals surface area contributed by atoms with Crippen LogP contribution in [0, 0.1) is 5.41 Å². The van der Waals surface area contributed by atoms with E-state index in [2.05, 4.69) is 15.5 Å². The zero-order chi connectivity index (χ0) is 14.2. The lowest BCUT2D eigenvalue weighted by atomic mass is 9.51. The van der Waals surface area contributed by atoms with Crippen LogP contribution in [-0.4, -0.2) is 34.9 Å². The van der Waals surface area contributed by atoms with Crippen molar-refractivity contribution < 1.29 is 9.53 Å². The van der Waals surface area contributed by atoms with Crippen LogP contribution in [0.3, 0.4) is 0 Å². The Morgan fingerprint density at radius 2 is 2.35 bits per heavy atom. The van der Waals surface area contributed by atoms with Gasteiger partial charge in [-0.3, -0.25) is 9.59 Å². The van der Waals surface area contributed by atoms with E-state index in [0.29, 0.717) is 6.61 Å². The molecule has 1 aromatic rings. The Balaban J connectivity index is 1.65. The van der Waals surface area contributed by atoms with E-state index in [4.69, 9.17) is 4.74 Å². The number of aromatic amines is 1. The first kappa shape index (κ1) is 13.3. The third kappa shape index (κ3) is 2.04. The molecular weight excluding hydrogens is 258 g/mol. The van der Waals surface area contributed by atoms with Crippen LogP contribution in [0.15, 0.2) is 16.9 Å². The summed E-state index contributed by atoms with van der Waals surface area (Å²) in [5, 5.41) is 9.06. The Morgan fingerprint density at radius 3 is 2.90 bits per heavy atom. The van der Waals surface area contributed by atoms with Gasteiger partial charge in [-0.2, -0.15) is 5.10 Å². The zero-order valence-electron chi connectivity index (χ0n) is 11.5. The molecule has 1 aromatic heterocycles. The third-order valence-corrected chi connectivity index (χ3v) is 4.65. The van der Waals surface area contributed by atoms with Gasteiger partial charge >= 0.3 is 0 Å².